The molecule has 0 atom stereocenters. The SMILES string of the molecule is O=C(NCCC1=CCCCC1)c1cncc(C(=O)Nc2ccccc2)c1. The van der Waals surface area contributed by atoms with E-state index in [2.05, 4.69) is 21.7 Å². The number of hydrogen-bond donors (Lipinski definition) is 2. The Bertz CT molecular complexity index is 800. The van der Waals surface area contributed by atoms with E-state index in [-0.39, 0.29) is 11.8 Å². The second-order valence-electron chi connectivity index (χ2n) is 6.40. The first kappa shape index (κ1) is 17.9. The van der Waals surface area contributed by atoms with Crippen LogP contribution in [-0.4, -0.2) is 23.3 Å². The van der Waals surface area contributed by atoms with Crippen molar-refractivity contribution in [3.63, 3.8) is 0 Å². The molecule has 0 spiro atoms. The third-order valence-corrected chi connectivity index (χ3v) is 4.41. The summed E-state index contributed by atoms with van der Waals surface area (Å²) in [5, 5.41) is 5.70. The monoisotopic (exact) mass is 349 g/mol. The van der Waals surface area contributed by atoms with Gasteiger partial charge < -0.3 is 10.6 Å². The molecule has 1 heterocycles. The van der Waals surface area contributed by atoms with Gasteiger partial charge in [0.2, 0.25) is 0 Å². The molecule has 0 saturated carbocycles. The van der Waals surface area contributed by atoms with Crippen molar-refractivity contribution in [3.05, 3.63) is 71.6 Å². The Morgan fingerprint density at radius 3 is 2.50 bits per heavy atom. The molecule has 1 aliphatic rings. The molecular formula is C21H23N3O2. The molecule has 1 aliphatic carbocycles. The maximum Gasteiger partial charge on any atom is 0.257 e. The maximum absolute atomic E-state index is 12.3. The average Bonchev–Trinajstić information content (AvgIpc) is 2.69. The van der Waals surface area contributed by atoms with Gasteiger partial charge in [0.25, 0.3) is 11.8 Å². The molecule has 2 amide bonds. The van der Waals surface area contributed by atoms with Crippen molar-refractivity contribution < 1.29 is 9.59 Å². The van der Waals surface area contributed by atoms with Crippen LogP contribution < -0.4 is 10.6 Å². The zero-order chi connectivity index (χ0) is 18.2. The Balaban J connectivity index is 1.56. The molecule has 0 aliphatic heterocycles. The summed E-state index contributed by atoms with van der Waals surface area (Å²) in [7, 11) is 0. The summed E-state index contributed by atoms with van der Waals surface area (Å²) in [5.74, 6) is -0.492. The fourth-order valence-corrected chi connectivity index (χ4v) is 2.98. The number of carbonyl (C=O) groups is 2. The normalized spacial score (nSPS) is 13.6. The summed E-state index contributed by atoms with van der Waals surface area (Å²) in [6.45, 7) is 0.602. The predicted molar refractivity (Wildman–Crippen MR) is 102 cm³/mol. The van der Waals surface area contributed by atoms with E-state index in [4.69, 9.17) is 0 Å². The van der Waals surface area contributed by atoms with E-state index in [9.17, 15) is 9.59 Å². The number of pyridine rings is 1. The van der Waals surface area contributed by atoms with Crippen molar-refractivity contribution in [1.82, 2.24) is 10.3 Å². The molecule has 1 aromatic carbocycles. The Morgan fingerprint density at radius 1 is 1.00 bits per heavy atom. The molecule has 2 N–H and O–H groups in total. The summed E-state index contributed by atoms with van der Waals surface area (Å²) in [6.07, 6.45) is 10.9. The number of hydrogen-bond acceptors (Lipinski definition) is 3. The number of nitrogens with zero attached hydrogens (tertiary/aromatic N) is 1. The minimum absolute atomic E-state index is 0.205. The highest BCUT2D eigenvalue weighted by Crippen LogP contribution is 2.19. The van der Waals surface area contributed by atoms with E-state index >= 15 is 0 Å². The van der Waals surface area contributed by atoms with Gasteiger partial charge in [0.15, 0.2) is 0 Å². The Morgan fingerprint density at radius 2 is 1.77 bits per heavy atom. The summed E-state index contributed by atoms with van der Waals surface area (Å²) in [4.78, 5) is 28.7. The highest BCUT2D eigenvalue weighted by molar-refractivity contribution is 6.05. The van der Waals surface area contributed by atoms with Gasteiger partial charge in [0.1, 0.15) is 0 Å². The lowest BCUT2D eigenvalue weighted by atomic mass is 9.97. The molecule has 26 heavy (non-hydrogen) atoms. The topological polar surface area (TPSA) is 71.1 Å². The van der Waals surface area contributed by atoms with Crippen LogP contribution in [0.25, 0.3) is 0 Å². The van der Waals surface area contributed by atoms with Gasteiger partial charge >= 0.3 is 0 Å². The van der Waals surface area contributed by atoms with Crippen molar-refractivity contribution in [2.45, 2.75) is 32.1 Å². The molecule has 0 fully saturated rings. The lowest BCUT2D eigenvalue weighted by Crippen LogP contribution is -2.25. The quantitative estimate of drug-likeness (QED) is 0.776. The molecule has 0 saturated heterocycles. The Kier molecular flexibility index (Phi) is 6.14. The number of anilines is 1. The number of para-hydroxylation sites is 1. The van der Waals surface area contributed by atoms with E-state index in [1.807, 2.05) is 30.3 Å². The number of rotatable bonds is 6. The number of aromatic nitrogens is 1. The lowest BCUT2D eigenvalue weighted by Gasteiger charge is -2.13. The summed E-state index contributed by atoms with van der Waals surface area (Å²) in [5.41, 5.74) is 2.87. The van der Waals surface area contributed by atoms with Crippen LogP contribution in [0.3, 0.4) is 0 Å². The fraction of sp³-hybridized carbons (Fsp3) is 0.286. The molecule has 3 rings (SSSR count). The molecule has 0 unspecified atom stereocenters. The van der Waals surface area contributed by atoms with Gasteiger partial charge in [0.05, 0.1) is 11.1 Å². The lowest BCUT2D eigenvalue weighted by molar-refractivity contribution is 0.0953. The molecule has 2 aromatic rings. The Hall–Kier alpha value is -2.95. The third kappa shape index (κ3) is 5.02. The number of nitrogens with one attached hydrogen (secondary N) is 2. The standard InChI is InChI=1S/C21H23N3O2/c25-20(23-12-11-16-7-3-1-4-8-16)17-13-18(15-22-14-17)21(26)24-19-9-5-2-6-10-19/h2,5-7,9-10,13-15H,1,3-4,8,11-12H2,(H,23,25)(H,24,26). The van der Waals surface area contributed by atoms with Gasteiger partial charge in [-0.15, -0.1) is 0 Å². The minimum atomic E-state index is -0.286. The second-order valence-corrected chi connectivity index (χ2v) is 6.40. The van der Waals surface area contributed by atoms with E-state index in [1.54, 1.807) is 6.07 Å². The van der Waals surface area contributed by atoms with Gasteiger partial charge in [-0.1, -0.05) is 29.8 Å². The number of allylic oxidation sites excluding steroid dienone is 1. The van der Waals surface area contributed by atoms with Crippen molar-refractivity contribution in [3.8, 4) is 0 Å². The third-order valence-electron chi connectivity index (χ3n) is 4.41. The van der Waals surface area contributed by atoms with Gasteiger partial charge in [-0.05, 0) is 50.3 Å². The van der Waals surface area contributed by atoms with E-state index in [1.165, 1.54) is 30.8 Å². The van der Waals surface area contributed by atoms with E-state index in [0.717, 1.165) is 19.3 Å². The molecule has 134 valence electrons. The first-order chi connectivity index (χ1) is 12.7. The van der Waals surface area contributed by atoms with Crippen LogP contribution in [0.4, 0.5) is 5.69 Å². The predicted octanol–water partition coefficient (Wildman–Crippen LogP) is 3.95. The molecule has 0 radical (unpaired) electrons. The van der Waals surface area contributed by atoms with Crippen LogP contribution in [-0.2, 0) is 0 Å². The van der Waals surface area contributed by atoms with Crippen LogP contribution in [0, 0.1) is 0 Å². The molecule has 5 heteroatoms. The summed E-state index contributed by atoms with van der Waals surface area (Å²) >= 11 is 0. The minimum Gasteiger partial charge on any atom is -0.352 e. The zero-order valence-corrected chi connectivity index (χ0v) is 14.7. The van der Waals surface area contributed by atoms with E-state index < -0.39 is 0 Å². The van der Waals surface area contributed by atoms with Gasteiger partial charge in [-0.3, -0.25) is 14.6 Å². The van der Waals surface area contributed by atoms with Gasteiger partial charge in [-0.2, -0.15) is 0 Å². The maximum atomic E-state index is 12.3. The fourth-order valence-electron chi connectivity index (χ4n) is 2.98. The molecular weight excluding hydrogens is 326 g/mol. The van der Waals surface area contributed by atoms with Crippen molar-refractivity contribution in [2.75, 3.05) is 11.9 Å². The largest absolute Gasteiger partial charge is 0.352 e. The molecule has 0 bridgehead atoms. The van der Waals surface area contributed by atoms with Crippen LogP contribution in [0.15, 0.2) is 60.4 Å². The van der Waals surface area contributed by atoms with Crippen LogP contribution in [0.5, 0.6) is 0 Å². The first-order valence-electron chi connectivity index (χ1n) is 9.00. The van der Waals surface area contributed by atoms with Crippen LogP contribution in [0.2, 0.25) is 0 Å². The van der Waals surface area contributed by atoms with Crippen molar-refractivity contribution in [1.29, 1.82) is 0 Å². The molecule has 1 aromatic heterocycles. The first-order valence-corrected chi connectivity index (χ1v) is 9.00. The van der Waals surface area contributed by atoms with Crippen LogP contribution >= 0.6 is 0 Å². The smallest absolute Gasteiger partial charge is 0.257 e. The zero-order valence-electron chi connectivity index (χ0n) is 14.7. The van der Waals surface area contributed by atoms with Crippen molar-refractivity contribution in [2.24, 2.45) is 0 Å². The number of amides is 2. The second kappa shape index (κ2) is 8.94. The van der Waals surface area contributed by atoms with E-state index in [0.29, 0.717) is 23.4 Å². The molecule has 5 nitrogen and oxygen atoms in total. The highest BCUT2D eigenvalue weighted by atomic mass is 16.2. The summed E-state index contributed by atoms with van der Waals surface area (Å²) < 4.78 is 0. The van der Waals surface area contributed by atoms with Gasteiger partial charge in [0, 0.05) is 24.6 Å². The van der Waals surface area contributed by atoms with Crippen molar-refractivity contribution >= 4 is 17.5 Å². The number of carbonyl (C=O) groups excluding carboxylic acids is 2. The Labute approximate surface area is 153 Å². The highest BCUT2D eigenvalue weighted by Gasteiger charge is 2.12. The van der Waals surface area contributed by atoms with Gasteiger partial charge in [-0.25, -0.2) is 0 Å². The van der Waals surface area contributed by atoms with Crippen LogP contribution in [0.1, 0.15) is 52.8 Å². The summed E-state index contributed by atoms with van der Waals surface area (Å²) in [6, 6.07) is 10.8. The average molecular weight is 349 g/mol. The number of benzene rings is 1.